The smallest absolute Gasteiger partial charge is 0.225 e. The number of nitrogens with two attached hydrogens (primary N) is 1. The van der Waals surface area contributed by atoms with Gasteiger partial charge in [0.2, 0.25) is 5.91 Å². The fraction of sp³-hybridized carbons (Fsp3) is 0.765. The number of carbonyl (C=O) groups is 1. The normalized spacial score (nSPS) is 25.2. The zero-order chi connectivity index (χ0) is 16.5. The van der Waals surface area contributed by atoms with Crippen molar-refractivity contribution < 1.29 is 4.79 Å². The Kier molecular flexibility index (Phi) is 8.70. The summed E-state index contributed by atoms with van der Waals surface area (Å²) in [4.78, 5) is 17.3. The van der Waals surface area contributed by atoms with Crippen LogP contribution >= 0.6 is 36.2 Å². The third kappa shape index (κ3) is 5.58. The monoisotopic (exact) mass is 395 g/mol. The molecule has 0 spiro atoms. The van der Waals surface area contributed by atoms with Crippen molar-refractivity contribution in [3.8, 4) is 0 Å². The van der Waals surface area contributed by atoms with Crippen molar-refractivity contribution in [1.82, 2.24) is 10.3 Å². The van der Waals surface area contributed by atoms with Gasteiger partial charge in [-0.15, -0.1) is 36.2 Å². The minimum Gasteiger partial charge on any atom is -0.347 e. The van der Waals surface area contributed by atoms with Crippen LogP contribution in [0.5, 0.6) is 0 Å². The third-order valence-electron chi connectivity index (χ3n) is 4.59. The maximum absolute atomic E-state index is 12.6. The number of nitrogens with one attached hydrogen (secondary N) is 1. The Morgan fingerprint density at radius 3 is 2.54 bits per heavy atom. The summed E-state index contributed by atoms with van der Waals surface area (Å²) in [7, 11) is 0. The molecule has 0 aliphatic heterocycles. The lowest BCUT2D eigenvalue weighted by atomic mass is 9.74. The summed E-state index contributed by atoms with van der Waals surface area (Å²) in [6.45, 7) is 10.5. The van der Waals surface area contributed by atoms with Crippen LogP contribution < -0.4 is 11.1 Å². The fourth-order valence-electron chi connectivity index (χ4n) is 3.00. The van der Waals surface area contributed by atoms with Gasteiger partial charge in [-0.3, -0.25) is 4.79 Å². The summed E-state index contributed by atoms with van der Waals surface area (Å²) >= 11 is 1.62. The summed E-state index contributed by atoms with van der Waals surface area (Å²) in [5.74, 6) is -0.0181. The van der Waals surface area contributed by atoms with E-state index in [1.165, 1.54) is 0 Å². The van der Waals surface area contributed by atoms with E-state index in [2.05, 4.69) is 36.5 Å². The predicted octanol–water partition coefficient (Wildman–Crippen LogP) is 4.37. The van der Waals surface area contributed by atoms with Gasteiger partial charge < -0.3 is 11.1 Å². The van der Waals surface area contributed by atoms with Crippen LogP contribution in [0.1, 0.15) is 77.0 Å². The predicted molar refractivity (Wildman–Crippen MR) is 106 cm³/mol. The highest BCUT2D eigenvalue weighted by Crippen LogP contribution is 2.32. The molecule has 3 atom stereocenters. The van der Waals surface area contributed by atoms with Crippen molar-refractivity contribution in [2.45, 2.75) is 77.3 Å². The molecule has 1 heterocycles. The van der Waals surface area contributed by atoms with E-state index in [1.54, 1.807) is 11.3 Å². The van der Waals surface area contributed by atoms with Crippen LogP contribution in [0.2, 0.25) is 0 Å². The van der Waals surface area contributed by atoms with E-state index in [9.17, 15) is 4.79 Å². The van der Waals surface area contributed by atoms with E-state index in [-0.39, 0.29) is 53.6 Å². The van der Waals surface area contributed by atoms with E-state index in [4.69, 9.17) is 5.73 Å². The second-order valence-corrected chi connectivity index (χ2v) is 8.75. The zero-order valence-corrected chi connectivity index (χ0v) is 17.7. The number of rotatable bonds is 3. The molecular formula is C17H31Cl2N3OS. The zero-order valence-electron chi connectivity index (χ0n) is 15.2. The molecule has 24 heavy (non-hydrogen) atoms. The van der Waals surface area contributed by atoms with Gasteiger partial charge >= 0.3 is 0 Å². The molecule has 0 radical (unpaired) electrons. The first-order chi connectivity index (χ1) is 10.1. The molecule has 1 aliphatic rings. The first-order valence-corrected chi connectivity index (χ1v) is 9.04. The van der Waals surface area contributed by atoms with E-state index < -0.39 is 0 Å². The van der Waals surface area contributed by atoms with E-state index >= 15 is 0 Å². The summed E-state index contributed by atoms with van der Waals surface area (Å²) in [5, 5.41) is 6.17. The molecule has 0 aromatic carbocycles. The summed E-state index contributed by atoms with van der Waals surface area (Å²) in [5.41, 5.74) is 7.06. The van der Waals surface area contributed by atoms with Gasteiger partial charge in [-0.1, -0.05) is 33.6 Å². The Morgan fingerprint density at radius 1 is 1.42 bits per heavy atom. The van der Waals surface area contributed by atoms with Gasteiger partial charge in [0.1, 0.15) is 5.01 Å². The number of aromatic nitrogens is 1. The first-order valence-electron chi connectivity index (χ1n) is 8.16. The molecule has 1 saturated carbocycles. The average molecular weight is 396 g/mol. The lowest BCUT2D eigenvalue weighted by Gasteiger charge is -2.37. The van der Waals surface area contributed by atoms with Crippen molar-refractivity contribution >= 4 is 42.1 Å². The maximum Gasteiger partial charge on any atom is 0.225 e. The van der Waals surface area contributed by atoms with Gasteiger partial charge in [0, 0.05) is 16.3 Å². The van der Waals surface area contributed by atoms with Gasteiger partial charge in [0.15, 0.2) is 0 Å². The number of thiazole rings is 1. The van der Waals surface area contributed by atoms with Crippen molar-refractivity contribution in [1.29, 1.82) is 0 Å². The fourth-order valence-corrected chi connectivity index (χ4v) is 4.05. The van der Waals surface area contributed by atoms with Crippen LogP contribution in [0, 0.1) is 5.92 Å². The van der Waals surface area contributed by atoms with Crippen LogP contribution in [-0.2, 0) is 10.2 Å². The molecule has 1 fully saturated rings. The molecule has 1 aliphatic carbocycles. The van der Waals surface area contributed by atoms with Crippen molar-refractivity contribution in [3.63, 3.8) is 0 Å². The number of halogens is 2. The highest BCUT2D eigenvalue weighted by atomic mass is 35.5. The second kappa shape index (κ2) is 8.84. The van der Waals surface area contributed by atoms with Crippen molar-refractivity contribution in [3.05, 3.63) is 16.1 Å². The first kappa shape index (κ1) is 23.6. The van der Waals surface area contributed by atoms with Crippen LogP contribution in [-0.4, -0.2) is 16.4 Å². The Hall–Kier alpha value is -0.360. The molecule has 3 N–H and O–H groups in total. The van der Waals surface area contributed by atoms with Gasteiger partial charge in [0.25, 0.3) is 0 Å². The lowest BCUT2D eigenvalue weighted by molar-refractivity contribution is -0.128. The molecule has 7 heteroatoms. The van der Waals surface area contributed by atoms with E-state index in [0.29, 0.717) is 0 Å². The minimum atomic E-state index is -0.387. The molecule has 0 bridgehead atoms. The molecular weight excluding hydrogens is 365 g/mol. The van der Waals surface area contributed by atoms with Crippen molar-refractivity contribution in [2.75, 3.05) is 0 Å². The lowest BCUT2D eigenvalue weighted by Crippen LogP contribution is -2.53. The van der Waals surface area contributed by atoms with Crippen LogP contribution in [0.25, 0.3) is 0 Å². The number of carbonyl (C=O) groups excluding carboxylic acids is 1. The summed E-state index contributed by atoms with van der Waals surface area (Å²) in [6, 6.07) is -0.0636. The molecule has 1 aromatic heterocycles. The largest absolute Gasteiger partial charge is 0.347 e. The minimum absolute atomic E-state index is 0. The molecule has 4 nitrogen and oxygen atoms in total. The average Bonchev–Trinajstić information content (AvgIpc) is 2.87. The molecule has 1 amide bonds. The number of amides is 1. The van der Waals surface area contributed by atoms with Crippen LogP contribution in [0.15, 0.2) is 5.38 Å². The third-order valence-corrected chi connectivity index (χ3v) is 5.62. The van der Waals surface area contributed by atoms with Crippen LogP contribution in [0.4, 0.5) is 0 Å². The van der Waals surface area contributed by atoms with E-state index in [0.717, 1.165) is 36.4 Å². The number of hydrogen-bond donors (Lipinski definition) is 2. The second-order valence-electron chi connectivity index (χ2n) is 7.86. The molecule has 3 unspecified atom stereocenters. The Labute approximate surface area is 162 Å². The molecule has 0 saturated heterocycles. The van der Waals surface area contributed by atoms with Crippen molar-refractivity contribution in [2.24, 2.45) is 11.7 Å². The summed E-state index contributed by atoms with van der Waals surface area (Å²) in [6.07, 6.45) is 4.01. The maximum atomic E-state index is 12.6. The highest BCUT2D eigenvalue weighted by Gasteiger charge is 2.38. The van der Waals surface area contributed by atoms with Gasteiger partial charge in [-0.05, 0) is 26.7 Å². The SMILES string of the molecule is CC(NC(=O)C1CCCCC1(C)N)c1nc(C(C)(C)C)cs1.Cl.Cl. The molecule has 140 valence electrons. The topological polar surface area (TPSA) is 68.0 Å². The standard InChI is InChI=1S/C17H29N3OS.2ClH/c1-11(15-20-13(10-22-15)16(2,3)4)19-14(21)12-8-6-7-9-17(12,5)18;;/h10-12H,6-9,18H2,1-5H3,(H,19,21);2*1H. The molecule has 1 aromatic rings. The van der Waals surface area contributed by atoms with Gasteiger partial charge in [-0.25, -0.2) is 4.98 Å². The number of nitrogens with zero attached hydrogens (tertiary/aromatic N) is 1. The quantitative estimate of drug-likeness (QED) is 0.797. The number of hydrogen-bond acceptors (Lipinski definition) is 4. The van der Waals surface area contributed by atoms with Crippen LogP contribution in [0.3, 0.4) is 0 Å². The van der Waals surface area contributed by atoms with Gasteiger partial charge in [-0.2, -0.15) is 0 Å². The highest BCUT2D eigenvalue weighted by molar-refractivity contribution is 7.09. The Balaban J connectivity index is 0.00000264. The van der Waals surface area contributed by atoms with E-state index in [1.807, 2.05) is 13.8 Å². The Morgan fingerprint density at radius 2 is 2.04 bits per heavy atom. The van der Waals surface area contributed by atoms with Gasteiger partial charge in [0.05, 0.1) is 17.7 Å². The Bertz CT molecular complexity index is 540. The molecule has 2 rings (SSSR count). The summed E-state index contributed by atoms with van der Waals surface area (Å²) < 4.78 is 0.